The van der Waals surface area contributed by atoms with E-state index < -0.39 is 11.7 Å². The minimum atomic E-state index is -4.51. The molecule has 1 heterocycles. The Labute approximate surface area is 142 Å². The Bertz CT molecular complexity index is 908. The van der Waals surface area contributed by atoms with Crippen molar-refractivity contribution >= 4 is 11.0 Å². The Kier molecular flexibility index (Phi) is 3.76. The van der Waals surface area contributed by atoms with Gasteiger partial charge in [0, 0.05) is 13.1 Å². The van der Waals surface area contributed by atoms with Gasteiger partial charge in [0.05, 0.1) is 11.1 Å². The van der Waals surface area contributed by atoms with Gasteiger partial charge in [0.25, 0.3) is 0 Å². The number of alkyl halides is 3. The molecule has 2 N–H and O–H groups in total. The van der Waals surface area contributed by atoms with Crippen molar-refractivity contribution in [3.8, 4) is 11.1 Å². The summed E-state index contributed by atoms with van der Waals surface area (Å²) in [5, 5.41) is 7.82. The maximum Gasteiger partial charge on any atom is 0.419 e. The zero-order chi connectivity index (χ0) is 17.6. The van der Waals surface area contributed by atoms with Gasteiger partial charge < -0.3 is 5.73 Å². The van der Waals surface area contributed by atoms with Crippen LogP contribution in [-0.4, -0.2) is 15.0 Å². The van der Waals surface area contributed by atoms with Crippen molar-refractivity contribution in [2.75, 3.05) is 0 Å². The first kappa shape index (κ1) is 16.1. The third kappa shape index (κ3) is 3.00. The van der Waals surface area contributed by atoms with E-state index in [4.69, 9.17) is 5.73 Å². The predicted octanol–water partition coefficient (Wildman–Crippen LogP) is 3.99. The molecule has 1 aliphatic carbocycles. The summed E-state index contributed by atoms with van der Waals surface area (Å²) < 4.78 is 43.0. The van der Waals surface area contributed by atoms with Crippen LogP contribution in [-0.2, 0) is 19.3 Å². The number of fused-ring (bicyclic) bond motifs is 1. The fourth-order valence-electron chi connectivity index (χ4n) is 3.06. The van der Waals surface area contributed by atoms with Crippen molar-refractivity contribution in [1.29, 1.82) is 0 Å². The Hall–Kier alpha value is -2.41. The van der Waals surface area contributed by atoms with Crippen molar-refractivity contribution in [3.63, 3.8) is 0 Å². The van der Waals surface area contributed by atoms with Gasteiger partial charge in [0.1, 0.15) is 5.52 Å². The highest BCUT2D eigenvalue weighted by atomic mass is 19.4. The van der Waals surface area contributed by atoms with Crippen LogP contribution in [0.25, 0.3) is 22.2 Å². The molecule has 25 heavy (non-hydrogen) atoms. The predicted molar refractivity (Wildman–Crippen MR) is 88.6 cm³/mol. The van der Waals surface area contributed by atoms with Crippen molar-refractivity contribution < 1.29 is 13.2 Å². The molecule has 1 saturated carbocycles. The molecule has 2 aromatic carbocycles. The summed E-state index contributed by atoms with van der Waals surface area (Å²) in [5.41, 5.74) is 6.64. The van der Waals surface area contributed by atoms with Crippen LogP contribution in [0, 0.1) is 5.92 Å². The van der Waals surface area contributed by atoms with E-state index in [2.05, 4.69) is 10.3 Å². The molecule has 0 bridgehead atoms. The Balaban J connectivity index is 1.88. The summed E-state index contributed by atoms with van der Waals surface area (Å²) in [6.45, 7) is 0.972. The maximum absolute atomic E-state index is 13.8. The first-order valence-electron chi connectivity index (χ1n) is 8.20. The van der Waals surface area contributed by atoms with E-state index in [0.29, 0.717) is 30.1 Å². The standard InChI is InChI=1S/C18H17F3N4/c19-18(20,21)16-14(13-5-3-11(9-22)4-6-13)7-8-15-17(16)23-24-25(15)10-12-1-2-12/h3-8,12H,1-2,9-10,22H2. The van der Waals surface area contributed by atoms with Gasteiger partial charge in [-0.05, 0) is 41.5 Å². The second-order valence-corrected chi connectivity index (χ2v) is 6.47. The van der Waals surface area contributed by atoms with Gasteiger partial charge in [-0.3, -0.25) is 0 Å². The van der Waals surface area contributed by atoms with E-state index in [1.807, 2.05) is 0 Å². The molecule has 3 aromatic rings. The largest absolute Gasteiger partial charge is 0.419 e. The molecule has 4 nitrogen and oxygen atoms in total. The summed E-state index contributed by atoms with van der Waals surface area (Å²) in [6, 6.07) is 9.99. The van der Waals surface area contributed by atoms with E-state index in [9.17, 15) is 13.2 Å². The summed E-state index contributed by atoms with van der Waals surface area (Å²) in [7, 11) is 0. The van der Waals surface area contributed by atoms with Crippen LogP contribution in [0.5, 0.6) is 0 Å². The lowest BCUT2D eigenvalue weighted by molar-refractivity contribution is -0.135. The Morgan fingerprint density at radius 1 is 1.08 bits per heavy atom. The lowest BCUT2D eigenvalue weighted by Gasteiger charge is -2.14. The molecular formula is C18H17F3N4. The van der Waals surface area contributed by atoms with Crippen LogP contribution in [0.15, 0.2) is 36.4 Å². The fourth-order valence-corrected chi connectivity index (χ4v) is 3.06. The van der Waals surface area contributed by atoms with Crippen LogP contribution >= 0.6 is 0 Å². The molecular weight excluding hydrogens is 329 g/mol. The number of rotatable bonds is 4. The van der Waals surface area contributed by atoms with E-state index >= 15 is 0 Å². The number of nitrogens with two attached hydrogens (primary N) is 1. The topological polar surface area (TPSA) is 56.7 Å². The highest BCUT2D eigenvalue weighted by molar-refractivity contribution is 5.87. The number of benzene rings is 2. The molecule has 7 heteroatoms. The van der Waals surface area contributed by atoms with Crippen molar-refractivity contribution in [1.82, 2.24) is 15.0 Å². The second kappa shape index (κ2) is 5.84. The minimum absolute atomic E-state index is 0.0893. The van der Waals surface area contributed by atoms with Crippen molar-refractivity contribution in [3.05, 3.63) is 47.5 Å². The third-order valence-electron chi connectivity index (χ3n) is 4.60. The van der Waals surface area contributed by atoms with Gasteiger partial charge in [-0.15, -0.1) is 5.10 Å². The molecule has 130 valence electrons. The fraction of sp³-hybridized carbons (Fsp3) is 0.333. The monoisotopic (exact) mass is 346 g/mol. The second-order valence-electron chi connectivity index (χ2n) is 6.47. The number of nitrogens with zero attached hydrogens (tertiary/aromatic N) is 3. The zero-order valence-electron chi connectivity index (χ0n) is 13.4. The van der Waals surface area contributed by atoms with E-state index in [1.165, 1.54) is 6.07 Å². The molecule has 1 aromatic heterocycles. The smallest absolute Gasteiger partial charge is 0.326 e. The average Bonchev–Trinajstić information content (AvgIpc) is 3.32. The molecule has 1 fully saturated rings. The molecule has 0 atom stereocenters. The van der Waals surface area contributed by atoms with Gasteiger partial charge in [0.15, 0.2) is 0 Å². The number of hydrogen-bond donors (Lipinski definition) is 1. The van der Waals surface area contributed by atoms with E-state index in [1.54, 1.807) is 35.0 Å². The molecule has 0 amide bonds. The number of halogens is 3. The molecule has 0 spiro atoms. The average molecular weight is 346 g/mol. The molecule has 0 saturated heterocycles. The van der Waals surface area contributed by atoms with Gasteiger partial charge in [-0.1, -0.05) is 35.5 Å². The first-order chi connectivity index (χ1) is 12.0. The summed E-state index contributed by atoms with van der Waals surface area (Å²) in [6.07, 6.45) is -2.32. The normalized spacial score (nSPS) is 15.0. The molecule has 4 rings (SSSR count). The molecule has 0 radical (unpaired) electrons. The maximum atomic E-state index is 13.8. The molecule has 1 aliphatic rings. The van der Waals surface area contributed by atoms with E-state index in [0.717, 1.165) is 18.4 Å². The van der Waals surface area contributed by atoms with Crippen molar-refractivity contribution in [2.45, 2.75) is 32.1 Å². The van der Waals surface area contributed by atoms with Crippen LogP contribution in [0.4, 0.5) is 13.2 Å². The third-order valence-corrected chi connectivity index (χ3v) is 4.60. The zero-order valence-corrected chi connectivity index (χ0v) is 13.4. The Morgan fingerprint density at radius 2 is 1.80 bits per heavy atom. The SMILES string of the molecule is NCc1ccc(-c2ccc3c(nnn3CC3CC3)c2C(F)(F)F)cc1. The minimum Gasteiger partial charge on any atom is -0.326 e. The van der Waals surface area contributed by atoms with Crippen LogP contribution in [0.1, 0.15) is 24.0 Å². The van der Waals surface area contributed by atoms with Gasteiger partial charge in [-0.25, -0.2) is 4.68 Å². The van der Waals surface area contributed by atoms with Crippen LogP contribution in [0.3, 0.4) is 0 Å². The quantitative estimate of drug-likeness (QED) is 0.777. The summed E-state index contributed by atoms with van der Waals surface area (Å²) in [5.74, 6) is 0.503. The lowest BCUT2D eigenvalue weighted by Crippen LogP contribution is -2.09. The highest BCUT2D eigenvalue weighted by Crippen LogP contribution is 2.41. The molecule has 0 unspecified atom stereocenters. The van der Waals surface area contributed by atoms with E-state index in [-0.39, 0.29) is 11.1 Å². The number of aromatic nitrogens is 3. The summed E-state index contributed by atoms with van der Waals surface area (Å²) in [4.78, 5) is 0. The van der Waals surface area contributed by atoms with Gasteiger partial charge >= 0.3 is 6.18 Å². The van der Waals surface area contributed by atoms with Crippen LogP contribution in [0.2, 0.25) is 0 Å². The summed E-state index contributed by atoms with van der Waals surface area (Å²) >= 11 is 0. The van der Waals surface area contributed by atoms with Crippen molar-refractivity contribution in [2.24, 2.45) is 11.7 Å². The number of hydrogen-bond acceptors (Lipinski definition) is 3. The molecule has 0 aliphatic heterocycles. The van der Waals surface area contributed by atoms with Gasteiger partial charge in [-0.2, -0.15) is 13.2 Å². The Morgan fingerprint density at radius 3 is 2.40 bits per heavy atom. The lowest BCUT2D eigenvalue weighted by atomic mass is 9.97. The van der Waals surface area contributed by atoms with Crippen LogP contribution < -0.4 is 5.73 Å². The highest BCUT2D eigenvalue weighted by Gasteiger charge is 2.38. The van der Waals surface area contributed by atoms with Gasteiger partial charge in [0.2, 0.25) is 0 Å². The first-order valence-corrected chi connectivity index (χ1v) is 8.20.